The van der Waals surface area contributed by atoms with Gasteiger partial charge < -0.3 is 10.6 Å². The quantitative estimate of drug-likeness (QED) is 0.799. The number of nitrogens with two attached hydrogens (primary N) is 1. The van der Waals surface area contributed by atoms with Crippen molar-refractivity contribution in [3.8, 4) is 0 Å². The van der Waals surface area contributed by atoms with Crippen LogP contribution in [0.2, 0.25) is 0 Å². The maximum Gasteiger partial charge on any atom is 0.0399 e. The van der Waals surface area contributed by atoms with Gasteiger partial charge in [-0.2, -0.15) is 0 Å². The van der Waals surface area contributed by atoms with Gasteiger partial charge in [0, 0.05) is 24.8 Å². The lowest BCUT2D eigenvalue weighted by atomic mass is 10.0. The first-order chi connectivity index (χ1) is 7.08. The number of rotatable bonds is 2. The zero-order valence-corrected chi connectivity index (χ0v) is 9.83. The molecule has 2 rings (SSSR count). The second kappa shape index (κ2) is 3.86. The lowest BCUT2D eigenvalue weighted by molar-refractivity contribution is 0.544. The Balaban J connectivity index is 2.21. The number of fused-ring (bicyclic) bond motifs is 1. The molecule has 0 bridgehead atoms. The monoisotopic (exact) mass is 204 g/mol. The zero-order chi connectivity index (χ0) is 11.0. The number of aryl methyl sites for hydroxylation is 1. The Kier molecular flexibility index (Phi) is 2.70. The number of hydrogen-bond donors (Lipinski definition) is 1. The van der Waals surface area contributed by atoms with Crippen LogP contribution in [0, 0.1) is 6.92 Å². The molecule has 82 valence electrons. The fourth-order valence-electron chi connectivity index (χ4n) is 2.48. The highest BCUT2D eigenvalue weighted by atomic mass is 15.2. The Morgan fingerprint density at radius 1 is 1.53 bits per heavy atom. The number of nitrogens with zero attached hydrogens (tertiary/aromatic N) is 1. The summed E-state index contributed by atoms with van der Waals surface area (Å²) >= 11 is 0. The van der Waals surface area contributed by atoms with Crippen molar-refractivity contribution in [1.82, 2.24) is 0 Å². The molecule has 0 aliphatic carbocycles. The lowest BCUT2D eigenvalue weighted by Gasteiger charge is -2.24. The van der Waals surface area contributed by atoms with E-state index in [4.69, 9.17) is 5.73 Å². The molecule has 0 aromatic heterocycles. The summed E-state index contributed by atoms with van der Waals surface area (Å²) < 4.78 is 0. The van der Waals surface area contributed by atoms with Gasteiger partial charge in [0.25, 0.3) is 0 Å². The number of anilines is 1. The normalized spacial score (nSPS) is 21.6. The van der Waals surface area contributed by atoms with Gasteiger partial charge in [-0.05, 0) is 38.3 Å². The Bertz CT molecular complexity index is 358. The van der Waals surface area contributed by atoms with E-state index in [0.717, 1.165) is 12.8 Å². The van der Waals surface area contributed by atoms with Crippen molar-refractivity contribution in [3.63, 3.8) is 0 Å². The van der Waals surface area contributed by atoms with Crippen LogP contribution < -0.4 is 10.6 Å². The van der Waals surface area contributed by atoms with E-state index in [0.29, 0.717) is 6.04 Å². The molecule has 2 N–H and O–H groups in total. The smallest absolute Gasteiger partial charge is 0.0399 e. The van der Waals surface area contributed by atoms with E-state index < -0.39 is 0 Å². The minimum absolute atomic E-state index is 0.285. The minimum Gasteiger partial charge on any atom is -0.371 e. The van der Waals surface area contributed by atoms with Crippen LogP contribution in [0.25, 0.3) is 0 Å². The van der Waals surface area contributed by atoms with Crippen molar-refractivity contribution in [2.24, 2.45) is 5.73 Å². The molecule has 1 aliphatic rings. The van der Waals surface area contributed by atoms with Crippen LogP contribution in [0.1, 0.15) is 24.5 Å². The molecule has 1 aliphatic heterocycles. The van der Waals surface area contributed by atoms with Gasteiger partial charge in [0.15, 0.2) is 0 Å². The highest BCUT2D eigenvalue weighted by molar-refractivity contribution is 5.59. The maximum absolute atomic E-state index is 5.87. The molecule has 1 aromatic carbocycles. The molecule has 2 atom stereocenters. The van der Waals surface area contributed by atoms with Gasteiger partial charge in [0.05, 0.1) is 0 Å². The van der Waals surface area contributed by atoms with Crippen LogP contribution in [0.15, 0.2) is 18.2 Å². The van der Waals surface area contributed by atoms with Crippen LogP contribution in [0.5, 0.6) is 0 Å². The first-order valence-corrected chi connectivity index (χ1v) is 5.66. The summed E-state index contributed by atoms with van der Waals surface area (Å²) in [6.45, 7) is 4.24. The van der Waals surface area contributed by atoms with Crippen molar-refractivity contribution in [2.45, 2.75) is 38.8 Å². The SMILES string of the molecule is Cc1ccc2c(c1)CC(CC(C)N)N2C. The molecular formula is C13H20N2. The Morgan fingerprint density at radius 2 is 2.27 bits per heavy atom. The van der Waals surface area contributed by atoms with Crippen molar-refractivity contribution in [2.75, 3.05) is 11.9 Å². The fraction of sp³-hybridized carbons (Fsp3) is 0.538. The average molecular weight is 204 g/mol. The third-order valence-corrected chi connectivity index (χ3v) is 3.26. The maximum atomic E-state index is 5.87. The van der Waals surface area contributed by atoms with E-state index in [1.165, 1.54) is 16.8 Å². The molecule has 15 heavy (non-hydrogen) atoms. The van der Waals surface area contributed by atoms with Gasteiger partial charge in [-0.15, -0.1) is 0 Å². The van der Waals surface area contributed by atoms with Gasteiger partial charge in [-0.25, -0.2) is 0 Å². The molecule has 2 nitrogen and oxygen atoms in total. The summed E-state index contributed by atoms with van der Waals surface area (Å²) in [5, 5.41) is 0. The molecule has 1 heterocycles. The van der Waals surface area contributed by atoms with Crippen molar-refractivity contribution in [3.05, 3.63) is 29.3 Å². The third kappa shape index (κ3) is 2.00. The molecule has 0 fully saturated rings. The van der Waals surface area contributed by atoms with Crippen molar-refractivity contribution < 1.29 is 0 Å². The van der Waals surface area contributed by atoms with Gasteiger partial charge in [-0.3, -0.25) is 0 Å². The van der Waals surface area contributed by atoms with Gasteiger partial charge in [0.2, 0.25) is 0 Å². The molecule has 0 saturated heterocycles. The topological polar surface area (TPSA) is 29.3 Å². The zero-order valence-electron chi connectivity index (χ0n) is 9.83. The minimum atomic E-state index is 0.285. The van der Waals surface area contributed by atoms with E-state index in [1.807, 2.05) is 0 Å². The molecule has 2 heteroatoms. The molecule has 2 unspecified atom stereocenters. The summed E-state index contributed by atoms with van der Waals surface area (Å²) in [6, 6.07) is 7.58. The summed E-state index contributed by atoms with van der Waals surface area (Å²) in [7, 11) is 2.17. The summed E-state index contributed by atoms with van der Waals surface area (Å²) in [4.78, 5) is 2.37. The predicted octanol–water partition coefficient (Wildman–Crippen LogP) is 2.09. The molecule has 0 spiro atoms. The molecule has 1 aromatic rings. The van der Waals surface area contributed by atoms with Crippen LogP contribution >= 0.6 is 0 Å². The summed E-state index contributed by atoms with van der Waals surface area (Å²) in [5.41, 5.74) is 10.1. The number of hydrogen-bond acceptors (Lipinski definition) is 2. The second-order valence-electron chi connectivity index (χ2n) is 4.81. The van der Waals surface area contributed by atoms with Gasteiger partial charge in [-0.1, -0.05) is 17.7 Å². The summed E-state index contributed by atoms with van der Waals surface area (Å²) in [5.74, 6) is 0. The van der Waals surface area contributed by atoms with Crippen LogP contribution in [-0.4, -0.2) is 19.1 Å². The van der Waals surface area contributed by atoms with Crippen molar-refractivity contribution >= 4 is 5.69 Å². The average Bonchev–Trinajstić information content (AvgIpc) is 2.42. The Morgan fingerprint density at radius 3 is 2.93 bits per heavy atom. The largest absolute Gasteiger partial charge is 0.371 e. The van der Waals surface area contributed by atoms with Gasteiger partial charge in [0.1, 0.15) is 0 Å². The second-order valence-corrected chi connectivity index (χ2v) is 4.81. The molecule has 0 amide bonds. The molecular weight excluding hydrogens is 184 g/mol. The Hall–Kier alpha value is -1.02. The Labute approximate surface area is 92.1 Å². The van der Waals surface area contributed by atoms with Crippen LogP contribution in [0.4, 0.5) is 5.69 Å². The van der Waals surface area contributed by atoms with E-state index >= 15 is 0 Å². The van der Waals surface area contributed by atoms with Crippen LogP contribution in [0.3, 0.4) is 0 Å². The van der Waals surface area contributed by atoms with Crippen LogP contribution in [-0.2, 0) is 6.42 Å². The first-order valence-electron chi connectivity index (χ1n) is 5.66. The molecule has 0 radical (unpaired) electrons. The standard InChI is InChI=1S/C13H20N2/c1-9-4-5-13-11(6-9)8-12(15(13)3)7-10(2)14/h4-6,10,12H,7-8,14H2,1-3H3. The first kappa shape index (κ1) is 10.5. The third-order valence-electron chi connectivity index (χ3n) is 3.26. The lowest BCUT2D eigenvalue weighted by Crippen LogP contribution is -2.33. The van der Waals surface area contributed by atoms with E-state index in [2.05, 4.69) is 44.0 Å². The fourth-order valence-corrected chi connectivity index (χ4v) is 2.48. The van der Waals surface area contributed by atoms with E-state index in [-0.39, 0.29) is 6.04 Å². The summed E-state index contributed by atoms with van der Waals surface area (Å²) in [6.07, 6.45) is 2.22. The van der Waals surface area contributed by atoms with E-state index in [9.17, 15) is 0 Å². The van der Waals surface area contributed by atoms with Crippen molar-refractivity contribution in [1.29, 1.82) is 0 Å². The van der Waals surface area contributed by atoms with Gasteiger partial charge >= 0.3 is 0 Å². The predicted molar refractivity (Wildman–Crippen MR) is 65.3 cm³/mol. The number of benzene rings is 1. The number of likely N-dealkylation sites (N-methyl/N-ethyl adjacent to an activating group) is 1. The highest BCUT2D eigenvalue weighted by Gasteiger charge is 2.26. The van der Waals surface area contributed by atoms with E-state index in [1.54, 1.807) is 0 Å². The molecule has 0 saturated carbocycles. The highest BCUT2D eigenvalue weighted by Crippen LogP contribution is 2.32.